The molecule has 0 fully saturated rings. The van der Waals surface area contributed by atoms with E-state index in [0.717, 1.165) is 12.0 Å². The fourth-order valence-corrected chi connectivity index (χ4v) is 2.28. The van der Waals surface area contributed by atoms with Gasteiger partial charge in [-0.05, 0) is 35.6 Å². The van der Waals surface area contributed by atoms with Crippen LogP contribution in [-0.2, 0) is 16.0 Å². The highest BCUT2D eigenvalue weighted by molar-refractivity contribution is 5.83. The van der Waals surface area contributed by atoms with Gasteiger partial charge in [-0.25, -0.2) is 0 Å². The molecule has 2 amide bonds. The highest BCUT2D eigenvalue weighted by Gasteiger charge is 2.07. The fourth-order valence-electron chi connectivity index (χ4n) is 2.28. The van der Waals surface area contributed by atoms with Crippen molar-refractivity contribution in [3.05, 3.63) is 65.7 Å². The summed E-state index contributed by atoms with van der Waals surface area (Å²) in [6.07, 6.45) is 1.28. The molecule has 0 spiro atoms. The molecule has 2 N–H and O–H groups in total. The Bertz CT molecular complexity index is 684. The molecule has 0 aliphatic carbocycles. The molecule has 2 aromatic carbocycles. The first kappa shape index (κ1) is 18.5. The Hall–Kier alpha value is -2.82. The topological polar surface area (TPSA) is 67.4 Å². The molecule has 0 heterocycles. The molecule has 0 aromatic heterocycles. The van der Waals surface area contributed by atoms with Gasteiger partial charge in [0, 0.05) is 0 Å². The fraction of sp³-hybridized carbons (Fsp3) is 0.300. The quantitative estimate of drug-likeness (QED) is 0.762. The summed E-state index contributed by atoms with van der Waals surface area (Å²) >= 11 is 0. The van der Waals surface area contributed by atoms with Crippen LogP contribution in [0.2, 0.25) is 0 Å². The maximum Gasteiger partial charge on any atom is 0.276 e. The van der Waals surface area contributed by atoms with Crippen LogP contribution >= 0.6 is 0 Å². The molecule has 0 saturated heterocycles. The van der Waals surface area contributed by atoms with Crippen LogP contribution < -0.4 is 15.6 Å². The van der Waals surface area contributed by atoms with Crippen LogP contribution in [0, 0.1) is 0 Å². The van der Waals surface area contributed by atoms with Gasteiger partial charge >= 0.3 is 0 Å². The van der Waals surface area contributed by atoms with Gasteiger partial charge in [0.15, 0.2) is 6.61 Å². The van der Waals surface area contributed by atoms with Crippen molar-refractivity contribution in [1.29, 1.82) is 0 Å². The number of carbonyl (C=O) groups excluding carboxylic acids is 2. The maximum absolute atomic E-state index is 11.8. The lowest BCUT2D eigenvalue weighted by molar-refractivity contribution is -0.129. The lowest BCUT2D eigenvalue weighted by Gasteiger charge is -2.11. The molecule has 0 radical (unpaired) electrons. The van der Waals surface area contributed by atoms with Gasteiger partial charge in [-0.15, -0.1) is 0 Å². The molecular weight excluding hydrogens is 316 g/mol. The highest BCUT2D eigenvalue weighted by atomic mass is 16.5. The number of hydrogen-bond donors (Lipinski definition) is 2. The van der Waals surface area contributed by atoms with Crippen molar-refractivity contribution in [3.8, 4) is 5.75 Å². The van der Waals surface area contributed by atoms with Crippen LogP contribution in [0.25, 0.3) is 0 Å². The van der Waals surface area contributed by atoms with E-state index in [-0.39, 0.29) is 18.9 Å². The Balaban J connectivity index is 1.70. The SMILES string of the molecule is CCC(C)c1ccc(OCC(=O)NNC(=O)Cc2ccccc2)cc1. The molecule has 1 atom stereocenters. The van der Waals surface area contributed by atoms with Gasteiger partial charge in [0.2, 0.25) is 5.91 Å². The van der Waals surface area contributed by atoms with Crippen molar-refractivity contribution < 1.29 is 14.3 Å². The summed E-state index contributed by atoms with van der Waals surface area (Å²) in [5.41, 5.74) is 6.85. The summed E-state index contributed by atoms with van der Waals surface area (Å²) in [6, 6.07) is 17.0. The Labute approximate surface area is 148 Å². The summed E-state index contributed by atoms with van der Waals surface area (Å²) in [4.78, 5) is 23.5. The first-order chi connectivity index (χ1) is 12.1. The van der Waals surface area contributed by atoms with E-state index in [9.17, 15) is 9.59 Å². The average molecular weight is 340 g/mol. The second-order valence-corrected chi connectivity index (χ2v) is 5.93. The van der Waals surface area contributed by atoms with Crippen molar-refractivity contribution in [2.45, 2.75) is 32.6 Å². The minimum absolute atomic E-state index is 0.158. The first-order valence-corrected chi connectivity index (χ1v) is 8.43. The summed E-state index contributed by atoms with van der Waals surface area (Å²) in [6.45, 7) is 4.15. The van der Waals surface area contributed by atoms with E-state index in [1.807, 2.05) is 54.6 Å². The van der Waals surface area contributed by atoms with Gasteiger partial charge in [-0.1, -0.05) is 56.3 Å². The zero-order chi connectivity index (χ0) is 18.1. The zero-order valence-corrected chi connectivity index (χ0v) is 14.6. The van der Waals surface area contributed by atoms with Gasteiger partial charge in [0.25, 0.3) is 5.91 Å². The van der Waals surface area contributed by atoms with Crippen molar-refractivity contribution in [2.24, 2.45) is 0 Å². The number of carbonyl (C=O) groups is 2. The molecule has 2 rings (SSSR count). The Kier molecular flexibility index (Phi) is 7.01. The minimum atomic E-state index is -0.410. The predicted molar refractivity (Wildman–Crippen MR) is 97.1 cm³/mol. The van der Waals surface area contributed by atoms with E-state index in [0.29, 0.717) is 11.7 Å². The molecule has 0 saturated carbocycles. The van der Waals surface area contributed by atoms with Gasteiger partial charge in [-0.3, -0.25) is 20.4 Å². The maximum atomic E-state index is 11.8. The van der Waals surface area contributed by atoms with Crippen LogP contribution in [0.3, 0.4) is 0 Å². The molecule has 1 unspecified atom stereocenters. The van der Waals surface area contributed by atoms with Crippen LogP contribution in [0.1, 0.15) is 37.3 Å². The number of benzene rings is 2. The van der Waals surface area contributed by atoms with Crippen LogP contribution in [0.4, 0.5) is 0 Å². The second kappa shape index (κ2) is 9.47. The molecule has 25 heavy (non-hydrogen) atoms. The summed E-state index contributed by atoms with van der Waals surface area (Å²) < 4.78 is 5.42. The van der Waals surface area contributed by atoms with Gasteiger partial charge in [-0.2, -0.15) is 0 Å². The average Bonchev–Trinajstić information content (AvgIpc) is 2.65. The smallest absolute Gasteiger partial charge is 0.276 e. The number of hydrazine groups is 1. The number of nitrogens with one attached hydrogen (secondary N) is 2. The lowest BCUT2D eigenvalue weighted by Crippen LogP contribution is -2.44. The first-order valence-electron chi connectivity index (χ1n) is 8.43. The standard InChI is InChI=1S/C20H24N2O3/c1-3-15(2)17-9-11-18(12-10-17)25-14-20(24)22-21-19(23)13-16-7-5-4-6-8-16/h4-12,15H,3,13-14H2,1-2H3,(H,21,23)(H,22,24). The van der Waals surface area contributed by atoms with Crippen molar-refractivity contribution in [3.63, 3.8) is 0 Å². The molecule has 5 heteroatoms. The van der Waals surface area contributed by atoms with E-state index in [2.05, 4.69) is 24.7 Å². The number of rotatable bonds is 7. The van der Waals surface area contributed by atoms with Crippen molar-refractivity contribution in [2.75, 3.05) is 6.61 Å². The van der Waals surface area contributed by atoms with Crippen molar-refractivity contribution >= 4 is 11.8 Å². The van der Waals surface area contributed by atoms with E-state index in [1.165, 1.54) is 5.56 Å². The summed E-state index contributed by atoms with van der Waals surface area (Å²) in [5, 5.41) is 0. The Morgan fingerprint density at radius 1 is 0.960 bits per heavy atom. The van der Waals surface area contributed by atoms with Crippen LogP contribution in [0.15, 0.2) is 54.6 Å². The van der Waals surface area contributed by atoms with Gasteiger partial charge in [0.1, 0.15) is 5.75 Å². The van der Waals surface area contributed by atoms with Gasteiger partial charge < -0.3 is 4.74 Å². The third-order valence-corrected chi connectivity index (χ3v) is 3.98. The molecule has 0 aliphatic heterocycles. The van der Waals surface area contributed by atoms with Gasteiger partial charge in [0.05, 0.1) is 6.42 Å². The Morgan fingerprint density at radius 2 is 1.60 bits per heavy atom. The van der Waals surface area contributed by atoms with E-state index >= 15 is 0 Å². The predicted octanol–water partition coefficient (Wildman–Crippen LogP) is 2.97. The van der Waals surface area contributed by atoms with Crippen molar-refractivity contribution in [1.82, 2.24) is 10.9 Å². The van der Waals surface area contributed by atoms with Crippen LogP contribution in [0.5, 0.6) is 5.75 Å². The number of hydrogen-bond acceptors (Lipinski definition) is 3. The zero-order valence-electron chi connectivity index (χ0n) is 14.6. The third kappa shape index (κ3) is 6.30. The monoisotopic (exact) mass is 340 g/mol. The van der Waals surface area contributed by atoms with Crippen LogP contribution in [-0.4, -0.2) is 18.4 Å². The number of amides is 2. The highest BCUT2D eigenvalue weighted by Crippen LogP contribution is 2.21. The molecule has 132 valence electrons. The normalized spacial score (nSPS) is 11.4. The Morgan fingerprint density at radius 3 is 2.24 bits per heavy atom. The largest absolute Gasteiger partial charge is 0.484 e. The summed E-state index contributed by atoms with van der Waals surface area (Å²) in [5.74, 6) is 0.430. The number of ether oxygens (including phenoxy) is 1. The molecule has 5 nitrogen and oxygen atoms in total. The van der Waals surface area contributed by atoms with E-state index in [1.54, 1.807) is 0 Å². The lowest BCUT2D eigenvalue weighted by atomic mass is 9.99. The molecule has 0 aliphatic rings. The molecule has 2 aromatic rings. The molecular formula is C20H24N2O3. The summed E-state index contributed by atoms with van der Waals surface area (Å²) in [7, 11) is 0. The second-order valence-electron chi connectivity index (χ2n) is 5.93. The van der Waals surface area contributed by atoms with E-state index in [4.69, 9.17) is 4.74 Å². The minimum Gasteiger partial charge on any atom is -0.484 e. The third-order valence-electron chi connectivity index (χ3n) is 3.98. The van der Waals surface area contributed by atoms with E-state index < -0.39 is 5.91 Å². The molecule has 0 bridgehead atoms.